The van der Waals surface area contributed by atoms with E-state index in [9.17, 15) is 4.79 Å². The van der Waals surface area contributed by atoms with E-state index in [1.54, 1.807) is 0 Å². The molecule has 1 unspecified atom stereocenters. The number of nitrogens with one attached hydrogen (secondary N) is 1. The highest BCUT2D eigenvalue weighted by Crippen LogP contribution is 2.17. The number of primary amides is 1. The van der Waals surface area contributed by atoms with Crippen molar-refractivity contribution in [3.63, 3.8) is 0 Å². The Morgan fingerprint density at radius 1 is 1.39 bits per heavy atom. The van der Waals surface area contributed by atoms with E-state index in [2.05, 4.69) is 24.4 Å². The first kappa shape index (κ1) is 14.7. The normalized spacial score (nSPS) is 12.3. The average molecular weight is 250 g/mol. The van der Waals surface area contributed by atoms with E-state index in [1.807, 2.05) is 18.2 Å². The summed E-state index contributed by atoms with van der Waals surface area (Å²) in [5.74, 6) is -0.428. The zero-order valence-corrected chi connectivity index (χ0v) is 10.9. The maximum Gasteiger partial charge on any atom is 0.243 e. The summed E-state index contributed by atoms with van der Waals surface area (Å²) in [6.07, 6.45) is 2.20. The number of nitrogens with two attached hydrogens (primary N) is 1. The third-order valence-electron chi connectivity index (χ3n) is 2.66. The molecule has 0 aliphatic carbocycles. The fourth-order valence-corrected chi connectivity index (χ4v) is 1.84. The van der Waals surface area contributed by atoms with Crippen LogP contribution in [-0.2, 0) is 9.53 Å². The topological polar surface area (TPSA) is 64.3 Å². The van der Waals surface area contributed by atoms with Gasteiger partial charge in [0.2, 0.25) is 5.91 Å². The highest BCUT2D eigenvalue weighted by atomic mass is 16.5. The summed E-state index contributed by atoms with van der Waals surface area (Å²) in [4.78, 5) is 10.5. The van der Waals surface area contributed by atoms with E-state index in [-0.39, 0.29) is 6.61 Å². The molecule has 0 spiro atoms. The van der Waals surface area contributed by atoms with Gasteiger partial charge in [0.05, 0.1) is 6.61 Å². The average Bonchev–Trinajstić information content (AvgIpc) is 2.38. The molecule has 1 atom stereocenters. The van der Waals surface area contributed by atoms with Crippen molar-refractivity contribution >= 4 is 5.91 Å². The molecule has 0 aliphatic rings. The number of rotatable bonds is 9. The second-order valence-corrected chi connectivity index (χ2v) is 4.22. The van der Waals surface area contributed by atoms with Crippen LogP contribution in [0.4, 0.5) is 0 Å². The fourth-order valence-electron chi connectivity index (χ4n) is 1.84. The minimum Gasteiger partial charge on any atom is -0.370 e. The van der Waals surface area contributed by atoms with Crippen LogP contribution >= 0.6 is 0 Å². The van der Waals surface area contributed by atoms with Gasteiger partial charge in [-0.1, -0.05) is 43.7 Å². The molecule has 0 heterocycles. The molecule has 1 rings (SSSR count). The summed E-state index contributed by atoms with van der Waals surface area (Å²) in [7, 11) is 0. The molecule has 1 aromatic rings. The molecule has 1 aromatic carbocycles. The van der Waals surface area contributed by atoms with Crippen LogP contribution in [0.1, 0.15) is 31.4 Å². The van der Waals surface area contributed by atoms with Crippen molar-refractivity contribution < 1.29 is 9.53 Å². The third-order valence-corrected chi connectivity index (χ3v) is 2.66. The van der Waals surface area contributed by atoms with Gasteiger partial charge in [-0.2, -0.15) is 0 Å². The van der Waals surface area contributed by atoms with Crippen molar-refractivity contribution in [1.29, 1.82) is 0 Å². The van der Waals surface area contributed by atoms with E-state index in [0.29, 0.717) is 19.2 Å². The molecule has 18 heavy (non-hydrogen) atoms. The lowest BCUT2D eigenvalue weighted by Gasteiger charge is -2.18. The summed E-state index contributed by atoms with van der Waals surface area (Å²) in [6.45, 7) is 3.37. The van der Waals surface area contributed by atoms with Crippen molar-refractivity contribution in [3.05, 3.63) is 35.9 Å². The van der Waals surface area contributed by atoms with E-state index in [0.717, 1.165) is 12.8 Å². The molecule has 0 radical (unpaired) electrons. The Morgan fingerprint density at radius 3 is 2.72 bits per heavy atom. The monoisotopic (exact) mass is 250 g/mol. The zero-order chi connectivity index (χ0) is 13.2. The molecule has 3 N–H and O–H groups in total. The van der Waals surface area contributed by atoms with Crippen LogP contribution in [0.15, 0.2) is 30.3 Å². The molecule has 4 heteroatoms. The number of hydrogen-bond acceptors (Lipinski definition) is 3. The predicted molar refractivity (Wildman–Crippen MR) is 72.1 cm³/mol. The van der Waals surface area contributed by atoms with Gasteiger partial charge in [0.15, 0.2) is 0 Å². The number of carbonyl (C=O) groups excluding carboxylic acids is 1. The maximum atomic E-state index is 10.5. The molecular weight excluding hydrogens is 228 g/mol. The predicted octanol–water partition coefficient (Wildman–Crippen LogP) is 1.62. The highest BCUT2D eigenvalue weighted by Gasteiger charge is 2.08. The summed E-state index contributed by atoms with van der Waals surface area (Å²) >= 11 is 0. The van der Waals surface area contributed by atoms with Crippen LogP contribution in [0.5, 0.6) is 0 Å². The largest absolute Gasteiger partial charge is 0.370 e. The van der Waals surface area contributed by atoms with Gasteiger partial charge >= 0.3 is 0 Å². The second kappa shape index (κ2) is 8.66. The molecule has 0 saturated heterocycles. The lowest BCUT2D eigenvalue weighted by atomic mass is 10.0. The molecule has 0 aromatic heterocycles. The molecule has 1 amide bonds. The van der Waals surface area contributed by atoms with Crippen LogP contribution in [-0.4, -0.2) is 25.7 Å². The van der Waals surface area contributed by atoms with Crippen molar-refractivity contribution in [2.75, 3.05) is 19.8 Å². The first-order valence-electron chi connectivity index (χ1n) is 6.38. The minimum absolute atomic E-state index is 0.00847. The standard InChI is InChI=1S/C14H22N2O2/c1-2-6-13(12-7-4-3-5-8-12)16-9-10-18-11-14(15)17/h3-5,7-8,13,16H,2,6,9-11H2,1H3,(H2,15,17). The summed E-state index contributed by atoms with van der Waals surface area (Å²) in [6, 6.07) is 10.7. The number of benzene rings is 1. The van der Waals surface area contributed by atoms with Gasteiger partial charge in [-0.3, -0.25) is 4.79 Å². The quantitative estimate of drug-likeness (QED) is 0.655. The van der Waals surface area contributed by atoms with E-state index in [1.165, 1.54) is 5.56 Å². The van der Waals surface area contributed by atoms with Gasteiger partial charge in [-0.25, -0.2) is 0 Å². The van der Waals surface area contributed by atoms with Crippen LogP contribution < -0.4 is 11.1 Å². The van der Waals surface area contributed by atoms with Crippen LogP contribution in [0.3, 0.4) is 0 Å². The molecule has 100 valence electrons. The van der Waals surface area contributed by atoms with Crippen LogP contribution in [0.2, 0.25) is 0 Å². The summed E-state index contributed by atoms with van der Waals surface area (Å²) in [5.41, 5.74) is 6.28. The minimum atomic E-state index is -0.428. The van der Waals surface area contributed by atoms with Gasteiger partial charge in [0.1, 0.15) is 6.61 Å². The van der Waals surface area contributed by atoms with Crippen LogP contribution in [0.25, 0.3) is 0 Å². The molecule has 0 saturated carbocycles. The fraction of sp³-hybridized carbons (Fsp3) is 0.500. The van der Waals surface area contributed by atoms with Crippen molar-refractivity contribution in [2.24, 2.45) is 5.73 Å². The Labute approximate surface area is 109 Å². The second-order valence-electron chi connectivity index (χ2n) is 4.22. The van der Waals surface area contributed by atoms with Gasteiger partial charge in [0, 0.05) is 12.6 Å². The van der Waals surface area contributed by atoms with E-state index < -0.39 is 5.91 Å². The third kappa shape index (κ3) is 5.80. The van der Waals surface area contributed by atoms with E-state index in [4.69, 9.17) is 10.5 Å². The molecule has 0 bridgehead atoms. The Morgan fingerprint density at radius 2 is 2.11 bits per heavy atom. The molecule has 0 fully saturated rings. The molecule has 0 aliphatic heterocycles. The molecular formula is C14H22N2O2. The maximum absolute atomic E-state index is 10.5. The lowest BCUT2D eigenvalue weighted by Crippen LogP contribution is -2.27. The van der Waals surface area contributed by atoms with Gasteiger partial charge in [-0.15, -0.1) is 0 Å². The number of ether oxygens (including phenoxy) is 1. The van der Waals surface area contributed by atoms with E-state index >= 15 is 0 Å². The van der Waals surface area contributed by atoms with Crippen LogP contribution in [0, 0.1) is 0 Å². The first-order valence-corrected chi connectivity index (χ1v) is 6.38. The Hall–Kier alpha value is -1.39. The van der Waals surface area contributed by atoms with Gasteiger partial charge < -0.3 is 15.8 Å². The van der Waals surface area contributed by atoms with Gasteiger partial charge in [-0.05, 0) is 12.0 Å². The number of hydrogen-bond donors (Lipinski definition) is 2. The molecule has 4 nitrogen and oxygen atoms in total. The Kier molecular flexibility index (Phi) is 7.06. The van der Waals surface area contributed by atoms with Crippen molar-refractivity contribution in [3.8, 4) is 0 Å². The first-order chi connectivity index (χ1) is 8.74. The Bertz CT molecular complexity index is 341. The smallest absolute Gasteiger partial charge is 0.243 e. The number of amides is 1. The zero-order valence-electron chi connectivity index (χ0n) is 10.9. The number of carbonyl (C=O) groups is 1. The van der Waals surface area contributed by atoms with Gasteiger partial charge in [0.25, 0.3) is 0 Å². The lowest BCUT2D eigenvalue weighted by molar-refractivity contribution is -0.122. The highest BCUT2D eigenvalue weighted by molar-refractivity contribution is 5.74. The summed E-state index contributed by atoms with van der Waals surface area (Å²) in [5, 5.41) is 3.43. The SMILES string of the molecule is CCCC(NCCOCC(N)=O)c1ccccc1. The van der Waals surface area contributed by atoms with Crippen molar-refractivity contribution in [1.82, 2.24) is 5.32 Å². The summed E-state index contributed by atoms with van der Waals surface area (Å²) < 4.78 is 5.12. The van der Waals surface area contributed by atoms with Crippen molar-refractivity contribution in [2.45, 2.75) is 25.8 Å². The Balaban J connectivity index is 2.33.